The fourth-order valence-corrected chi connectivity index (χ4v) is 2.25. The van der Waals surface area contributed by atoms with Gasteiger partial charge in [0.05, 0.1) is 23.4 Å². The number of benzene rings is 1. The Morgan fingerprint density at radius 1 is 1.21 bits per heavy atom. The van der Waals surface area contributed by atoms with E-state index in [2.05, 4.69) is 10.2 Å². The second-order valence-corrected chi connectivity index (χ2v) is 4.33. The predicted molar refractivity (Wildman–Crippen MR) is 71.5 cm³/mol. The molecule has 19 heavy (non-hydrogen) atoms. The minimum atomic E-state index is -0.0888. The highest BCUT2D eigenvalue weighted by atomic mass is 16.3. The molecule has 0 atom stereocenters. The smallest absolute Gasteiger partial charge is 0.266 e. The monoisotopic (exact) mass is 251 g/mol. The van der Waals surface area contributed by atoms with Crippen LogP contribution in [0, 0.1) is 0 Å². The number of pyridine rings is 1. The zero-order valence-corrected chi connectivity index (χ0v) is 9.83. The van der Waals surface area contributed by atoms with Crippen molar-refractivity contribution in [1.82, 2.24) is 14.8 Å². The number of aromatic nitrogens is 3. The Bertz CT molecular complexity index is 946. The molecule has 0 amide bonds. The third-order valence-corrected chi connectivity index (χ3v) is 3.22. The van der Waals surface area contributed by atoms with Crippen LogP contribution in [0.25, 0.3) is 27.6 Å². The Balaban J connectivity index is 2.02. The molecule has 5 heteroatoms. The van der Waals surface area contributed by atoms with Crippen LogP contribution in [0.2, 0.25) is 0 Å². The lowest BCUT2D eigenvalue weighted by molar-refractivity contribution is 0.615. The molecule has 0 aliphatic heterocycles. The summed E-state index contributed by atoms with van der Waals surface area (Å²) in [6.45, 7) is 0. The third-order valence-electron chi connectivity index (χ3n) is 3.22. The number of fused-ring (bicyclic) bond motifs is 2. The molecule has 0 spiro atoms. The van der Waals surface area contributed by atoms with Crippen LogP contribution in [0.1, 0.15) is 0 Å². The summed E-state index contributed by atoms with van der Waals surface area (Å²) in [5.74, 6) is 0. The number of hydrogen-bond donors (Lipinski definition) is 1. The van der Waals surface area contributed by atoms with Crippen molar-refractivity contribution in [3.05, 3.63) is 59.3 Å². The quantitative estimate of drug-likeness (QED) is 0.565. The molecule has 1 N–H and O–H groups in total. The van der Waals surface area contributed by atoms with Gasteiger partial charge in [-0.05, 0) is 30.3 Å². The topological polar surface area (TPSA) is 63.8 Å². The highest BCUT2D eigenvalue weighted by molar-refractivity contribution is 5.81. The van der Waals surface area contributed by atoms with Crippen molar-refractivity contribution < 1.29 is 4.42 Å². The zero-order valence-electron chi connectivity index (χ0n) is 9.83. The van der Waals surface area contributed by atoms with Gasteiger partial charge in [0.2, 0.25) is 0 Å². The average molecular weight is 251 g/mol. The molecule has 0 aliphatic rings. The minimum absolute atomic E-state index is 0.0888. The summed E-state index contributed by atoms with van der Waals surface area (Å²) >= 11 is 0. The Morgan fingerprint density at radius 2 is 2.16 bits per heavy atom. The lowest BCUT2D eigenvalue weighted by atomic mass is 10.2. The molecule has 1 aromatic carbocycles. The van der Waals surface area contributed by atoms with Gasteiger partial charge in [-0.25, -0.2) is 0 Å². The maximum absolute atomic E-state index is 12.3. The first kappa shape index (κ1) is 10.1. The molecule has 92 valence electrons. The van der Waals surface area contributed by atoms with Gasteiger partial charge in [0.15, 0.2) is 0 Å². The van der Waals surface area contributed by atoms with E-state index in [1.54, 1.807) is 29.1 Å². The van der Waals surface area contributed by atoms with E-state index in [-0.39, 0.29) is 5.56 Å². The van der Waals surface area contributed by atoms with E-state index in [1.165, 1.54) is 6.26 Å². The van der Waals surface area contributed by atoms with Crippen molar-refractivity contribution in [1.29, 1.82) is 0 Å². The van der Waals surface area contributed by atoms with Crippen molar-refractivity contribution >= 4 is 21.9 Å². The van der Waals surface area contributed by atoms with E-state index < -0.39 is 0 Å². The molecule has 0 unspecified atom stereocenters. The van der Waals surface area contributed by atoms with Gasteiger partial charge in [0.25, 0.3) is 5.56 Å². The highest BCUT2D eigenvalue weighted by Crippen LogP contribution is 2.17. The number of rotatable bonds is 1. The largest absolute Gasteiger partial charge is 0.464 e. The number of H-pyrrole nitrogens is 1. The van der Waals surface area contributed by atoms with E-state index in [9.17, 15) is 4.79 Å². The molecule has 0 radical (unpaired) electrons. The van der Waals surface area contributed by atoms with Gasteiger partial charge in [-0.1, -0.05) is 0 Å². The van der Waals surface area contributed by atoms with E-state index in [4.69, 9.17) is 4.42 Å². The molecule has 3 aromatic heterocycles. The molecule has 0 saturated heterocycles. The summed E-state index contributed by atoms with van der Waals surface area (Å²) in [7, 11) is 0. The van der Waals surface area contributed by atoms with Crippen molar-refractivity contribution in [3.8, 4) is 5.69 Å². The molecule has 0 bridgehead atoms. The van der Waals surface area contributed by atoms with Gasteiger partial charge in [-0.2, -0.15) is 5.10 Å². The van der Waals surface area contributed by atoms with Gasteiger partial charge < -0.3 is 4.42 Å². The van der Waals surface area contributed by atoms with Gasteiger partial charge in [-0.15, -0.1) is 0 Å². The lowest BCUT2D eigenvalue weighted by Crippen LogP contribution is -2.16. The fourth-order valence-electron chi connectivity index (χ4n) is 2.25. The van der Waals surface area contributed by atoms with Crippen molar-refractivity contribution in [2.45, 2.75) is 0 Å². The van der Waals surface area contributed by atoms with Crippen molar-refractivity contribution in [2.24, 2.45) is 0 Å². The molecular formula is C14H9N3O2. The number of nitrogens with one attached hydrogen (secondary N) is 1. The first-order valence-electron chi connectivity index (χ1n) is 5.85. The van der Waals surface area contributed by atoms with E-state index in [0.717, 1.165) is 16.6 Å². The van der Waals surface area contributed by atoms with E-state index in [1.807, 2.05) is 18.2 Å². The van der Waals surface area contributed by atoms with Gasteiger partial charge >= 0.3 is 0 Å². The molecule has 0 aliphatic carbocycles. The van der Waals surface area contributed by atoms with E-state index >= 15 is 0 Å². The van der Waals surface area contributed by atoms with Crippen LogP contribution in [0.3, 0.4) is 0 Å². The van der Waals surface area contributed by atoms with Crippen LogP contribution in [-0.2, 0) is 0 Å². The highest BCUT2D eigenvalue weighted by Gasteiger charge is 2.07. The summed E-state index contributed by atoms with van der Waals surface area (Å²) in [6, 6.07) is 9.19. The maximum Gasteiger partial charge on any atom is 0.266 e. The number of nitrogens with zero attached hydrogens (tertiary/aromatic N) is 2. The second-order valence-electron chi connectivity index (χ2n) is 4.33. The van der Waals surface area contributed by atoms with Crippen LogP contribution in [0.15, 0.2) is 58.2 Å². The molecular weight excluding hydrogens is 242 g/mol. The Morgan fingerprint density at radius 3 is 3.11 bits per heavy atom. The minimum Gasteiger partial charge on any atom is -0.464 e. The predicted octanol–water partition coefficient (Wildman–Crippen LogP) is 2.46. The lowest BCUT2D eigenvalue weighted by Gasteiger charge is -2.05. The van der Waals surface area contributed by atoms with Crippen molar-refractivity contribution in [2.75, 3.05) is 0 Å². The van der Waals surface area contributed by atoms with Crippen molar-refractivity contribution in [3.63, 3.8) is 0 Å². The molecule has 0 saturated carbocycles. The molecule has 0 fully saturated rings. The molecule has 4 aromatic rings. The standard InChI is InChI=1S/C14H9N3O2/c18-14-11-4-6-19-13(11)3-5-17(14)10-1-2-12-9(7-10)8-15-16-12/h1-8H,(H,15,16). The Labute approximate surface area is 107 Å². The molecule has 4 rings (SSSR count). The van der Waals surface area contributed by atoms with Crippen LogP contribution in [0.5, 0.6) is 0 Å². The summed E-state index contributed by atoms with van der Waals surface area (Å²) in [5.41, 5.74) is 2.27. The second kappa shape index (κ2) is 3.58. The van der Waals surface area contributed by atoms with Crippen LogP contribution in [-0.4, -0.2) is 14.8 Å². The number of furan rings is 1. The summed E-state index contributed by atoms with van der Waals surface area (Å²) in [5, 5.41) is 8.41. The van der Waals surface area contributed by atoms with Crippen LogP contribution >= 0.6 is 0 Å². The molecule has 3 heterocycles. The SMILES string of the molecule is O=c1c2ccoc2ccn1-c1ccc2[nH]ncc2c1. The first-order chi connectivity index (χ1) is 9.33. The summed E-state index contributed by atoms with van der Waals surface area (Å²) in [4.78, 5) is 12.3. The fraction of sp³-hybridized carbons (Fsp3) is 0. The zero-order chi connectivity index (χ0) is 12.8. The van der Waals surface area contributed by atoms with Gasteiger partial charge in [-0.3, -0.25) is 14.5 Å². The van der Waals surface area contributed by atoms with Crippen LogP contribution in [0.4, 0.5) is 0 Å². The average Bonchev–Trinajstić information content (AvgIpc) is 3.07. The van der Waals surface area contributed by atoms with E-state index in [0.29, 0.717) is 11.0 Å². The Hall–Kier alpha value is -2.82. The normalized spacial score (nSPS) is 11.4. The summed E-state index contributed by atoms with van der Waals surface area (Å²) in [6.07, 6.45) is 4.98. The van der Waals surface area contributed by atoms with Crippen LogP contribution < -0.4 is 5.56 Å². The van der Waals surface area contributed by atoms with Gasteiger partial charge in [0.1, 0.15) is 5.58 Å². The Kier molecular flexibility index (Phi) is 1.91. The summed E-state index contributed by atoms with van der Waals surface area (Å²) < 4.78 is 6.82. The number of aromatic amines is 1. The molecule has 5 nitrogen and oxygen atoms in total. The van der Waals surface area contributed by atoms with Gasteiger partial charge in [0, 0.05) is 17.3 Å². The first-order valence-corrected chi connectivity index (χ1v) is 5.85. The number of hydrogen-bond acceptors (Lipinski definition) is 3. The maximum atomic E-state index is 12.3. The third kappa shape index (κ3) is 1.41.